The quantitative estimate of drug-likeness (QED) is 0.338. The van der Waals surface area contributed by atoms with Crippen LogP contribution in [0.4, 0.5) is 17.1 Å². The van der Waals surface area contributed by atoms with Gasteiger partial charge in [-0.25, -0.2) is 0 Å². The summed E-state index contributed by atoms with van der Waals surface area (Å²) in [6.07, 6.45) is 1.52. The van der Waals surface area contributed by atoms with Crippen LogP contribution >= 0.6 is 11.6 Å². The maximum Gasteiger partial charge on any atom is 0.144 e. The van der Waals surface area contributed by atoms with E-state index in [9.17, 15) is 5.26 Å². The van der Waals surface area contributed by atoms with Crippen molar-refractivity contribution in [1.82, 2.24) is 9.97 Å². The molecule has 2 heterocycles. The number of aromatic nitrogens is 2. The van der Waals surface area contributed by atoms with Gasteiger partial charge in [0, 0.05) is 29.0 Å². The average Bonchev–Trinajstić information content (AvgIpc) is 2.80. The van der Waals surface area contributed by atoms with E-state index in [1.165, 1.54) is 6.20 Å². The molecule has 0 radical (unpaired) electrons. The van der Waals surface area contributed by atoms with Crippen molar-refractivity contribution in [3.8, 4) is 17.6 Å². The minimum absolute atomic E-state index is 0.309. The van der Waals surface area contributed by atoms with E-state index < -0.39 is 0 Å². The van der Waals surface area contributed by atoms with Crippen LogP contribution in [0.3, 0.4) is 0 Å². The van der Waals surface area contributed by atoms with Gasteiger partial charge in [0.15, 0.2) is 0 Å². The fourth-order valence-corrected chi connectivity index (χ4v) is 3.64. The molecule has 0 aliphatic rings. The Labute approximate surface area is 196 Å². The lowest BCUT2D eigenvalue weighted by molar-refractivity contribution is 0.301. The van der Waals surface area contributed by atoms with Gasteiger partial charge >= 0.3 is 0 Å². The van der Waals surface area contributed by atoms with E-state index in [0.717, 1.165) is 11.4 Å². The molecule has 0 amide bonds. The van der Waals surface area contributed by atoms with E-state index in [2.05, 4.69) is 21.4 Å². The summed E-state index contributed by atoms with van der Waals surface area (Å²) in [7, 11) is 0. The molecule has 0 aliphatic heterocycles. The number of pyridine rings is 2. The molecule has 166 valence electrons. The lowest BCUT2D eigenvalue weighted by Gasteiger charge is -2.15. The Morgan fingerprint density at radius 1 is 1.12 bits per heavy atom. The molecule has 0 unspecified atom stereocenters. The van der Waals surface area contributed by atoms with Gasteiger partial charge in [0.05, 0.1) is 39.8 Å². The van der Waals surface area contributed by atoms with Crippen LogP contribution < -0.4 is 20.5 Å². The smallest absolute Gasteiger partial charge is 0.144 e. The van der Waals surface area contributed by atoms with Crippen LogP contribution in [0.1, 0.15) is 23.9 Å². The van der Waals surface area contributed by atoms with Gasteiger partial charge in [-0.05, 0) is 50.2 Å². The van der Waals surface area contributed by atoms with Gasteiger partial charge in [0.2, 0.25) is 0 Å². The molecule has 0 bridgehead atoms. The van der Waals surface area contributed by atoms with Crippen molar-refractivity contribution < 1.29 is 9.47 Å². The molecule has 4 aromatic rings. The number of hydrogen-bond acceptors (Lipinski definition) is 7. The summed E-state index contributed by atoms with van der Waals surface area (Å²) in [6, 6.07) is 16.8. The predicted octanol–water partition coefficient (Wildman–Crippen LogP) is 5.77. The molecule has 3 N–H and O–H groups in total. The summed E-state index contributed by atoms with van der Waals surface area (Å²) in [5.74, 6) is 1.09. The fraction of sp³-hybridized carbons (Fsp3) is 0.160. The fourth-order valence-electron chi connectivity index (χ4n) is 3.41. The van der Waals surface area contributed by atoms with Gasteiger partial charge in [0.25, 0.3) is 0 Å². The van der Waals surface area contributed by atoms with Gasteiger partial charge in [-0.1, -0.05) is 17.7 Å². The second-order valence-electron chi connectivity index (χ2n) is 7.33. The number of anilines is 3. The summed E-state index contributed by atoms with van der Waals surface area (Å²) >= 11 is 6.47. The molecule has 2 aromatic carbocycles. The highest BCUT2D eigenvalue weighted by molar-refractivity contribution is 6.32. The molecular weight excluding hydrogens is 438 g/mol. The van der Waals surface area contributed by atoms with Crippen molar-refractivity contribution in [3.05, 3.63) is 76.7 Å². The number of nitrogen functional groups attached to an aromatic ring is 1. The number of nitriles is 1. The standard InChI is InChI=1S/C25H22ClN5O2/c1-3-32-24-11-22-19(10-21(24)28)25(16(12-27)13-29-22)31-17-7-8-23(20(26)9-17)33-14-18-6-4-5-15(2)30-18/h4-11,13H,3,14,28H2,1-2H3,(H,29,31). The first-order chi connectivity index (χ1) is 16.0. The van der Waals surface area contributed by atoms with E-state index >= 15 is 0 Å². The number of nitrogens with two attached hydrogens (primary N) is 1. The Kier molecular flexibility index (Phi) is 6.48. The van der Waals surface area contributed by atoms with Crippen molar-refractivity contribution >= 4 is 39.6 Å². The summed E-state index contributed by atoms with van der Waals surface area (Å²) in [5.41, 5.74) is 10.7. The number of nitrogens with zero attached hydrogens (tertiary/aromatic N) is 3. The monoisotopic (exact) mass is 459 g/mol. The van der Waals surface area contributed by atoms with E-state index in [1.807, 2.05) is 38.1 Å². The maximum atomic E-state index is 9.62. The summed E-state index contributed by atoms with van der Waals surface area (Å²) in [4.78, 5) is 8.81. The van der Waals surface area contributed by atoms with Crippen molar-refractivity contribution in [2.45, 2.75) is 20.5 Å². The maximum absolute atomic E-state index is 9.62. The highest BCUT2D eigenvalue weighted by atomic mass is 35.5. The molecule has 2 aromatic heterocycles. The molecule has 0 spiro atoms. The van der Waals surface area contributed by atoms with E-state index in [1.54, 1.807) is 24.3 Å². The van der Waals surface area contributed by atoms with Gasteiger partial charge in [-0.3, -0.25) is 9.97 Å². The number of fused-ring (bicyclic) bond motifs is 1. The third-order valence-electron chi connectivity index (χ3n) is 4.94. The molecular formula is C25H22ClN5O2. The SMILES string of the molecule is CCOc1cc2ncc(C#N)c(Nc3ccc(OCc4cccc(C)n4)c(Cl)c3)c2cc1N. The van der Waals surface area contributed by atoms with Crippen molar-refractivity contribution in [3.63, 3.8) is 0 Å². The Bertz CT molecular complexity index is 1370. The second-order valence-corrected chi connectivity index (χ2v) is 7.74. The lowest BCUT2D eigenvalue weighted by atomic mass is 10.1. The number of hydrogen-bond donors (Lipinski definition) is 2. The molecule has 0 saturated heterocycles. The Morgan fingerprint density at radius 3 is 2.70 bits per heavy atom. The largest absolute Gasteiger partial charge is 0.492 e. The molecule has 0 fully saturated rings. The zero-order chi connectivity index (χ0) is 23.4. The Morgan fingerprint density at radius 2 is 1.97 bits per heavy atom. The van der Waals surface area contributed by atoms with Gasteiger partial charge in [-0.15, -0.1) is 0 Å². The number of halogens is 1. The first-order valence-corrected chi connectivity index (χ1v) is 10.7. The first kappa shape index (κ1) is 22.2. The minimum Gasteiger partial charge on any atom is -0.492 e. The minimum atomic E-state index is 0.309. The number of aryl methyl sites for hydroxylation is 1. The van der Waals surface area contributed by atoms with Crippen molar-refractivity contribution in [2.24, 2.45) is 0 Å². The van der Waals surface area contributed by atoms with Crippen molar-refractivity contribution in [1.29, 1.82) is 5.26 Å². The zero-order valence-electron chi connectivity index (χ0n) is 18.2. The van der Waals surface area contributed by atoms with Gasteiger partial charge in [-0.2, -0.15) is 5.26 Å². The Hall–Kier alpha value is -4.02. The second kappa shape index (κ2) is 9.63. The molecule has 0 saturated carbocycles. The normalized spacial score (nSPS) is 10.6. The third kappa shape index (κ3) is 4.92. The van der Waals surface area contributed by atoms with E-state index in [0.29, 0.717) is 63.3 Å². The van der Waals surface area contributed by atoms with Crippen LogP contribution in [-0.2, 0) is 6.61 Å². The Balaban J connectivity index is 1.61. The summed E-state index contributed by atoms with van der Waals surface area (Å²) in [5, 5.41) is 14.0. The third-order valence-corrected chi connectivity index (χ3v) is 5.24. The average molecular weight is 460 g/mol. The molecule has 0 aliphatic carbocycles. The van der Waals surface area contributed by atoms with Crippen molar-refractivity contribution in [2.75, 3.05) is 17.7 Å². The van der Waals surface area contributed by atoms with Crippen LogP contribution in [0.5, 0.6) is 11.5 Å². The molecule has 33 heavy (non-hydrogen) atoms. The highest BCUT2D eigenvalue weighted by Crippen LogP contribution is 2.36. The van der Waals surface area contributed by atoms with Gasteiger partial charge in [0.1, 0.15) is 24.2 Å². The van der Waals surface area contributed by atoms with Gasteiger partial charge < -0.3 is 20.5 Å². The van der Waals surface area contributed by atoms with E-state index in [4.69, 9.17) is 26.8 Å². The van der Waals surface area contributed by atoms with Crippen LogP contribution in [0.2, 0.25) is 5.02 Å². The topological polar surface area (TPSA) is 106 Å². The molecule has 8 heteroatoms. The van der Waals surface area contributed by atoms with E-state index in [-0.39, 0.29) is 0 Å². The molecule has 7 nitrogen and oxygen atoms in total. The van der Waals surface area contributed by atoms with Crippen LogP contribution in [-0.4, -0.2) is 16.6 Å². The first-order valence-electron chi connectivity index (χ1n) is 10.4. The summed E-state index contributed by atoms with van der Waals surface area (Å²) < 4.78 is 11.4. The molecule has 4 rings (SSSR count). The van der Waals surface area contributed by atoms with Crippen LogP contribution in [0, 0.1) is 18.3 Å². The zero-order valence-corrected chi connectivity index (χ0v) is 19.0. The van der Waals surface area contributed by atoms with Crippen LogP contribution in [0.15, 0.2) is 54.7 Å². The number of nitrogens with one attached hydrogen (secondary N) is 1. The number of benzene rings is 2. The van der Waals surface area contributed by atoms with Crippen LogP contribution in [0.25, 0.3) is 10.9 Å². The number of ether oxygens (including phenoxy) is 2. The summed E-state index contributed by atoms with van der Waals surface area (Å²) in [6.45, 7) is 4.62. The number of rotatable bonds is 7. The lowest BCUT2D eigenvalue weighted by Crippen LogP contribution is -2.01. The predicted molar refractivity (Wildman–Crippen MR) is 130 cm³/mol. The highest BCUT2D eigenvalue weighted by Gasteiger charge is 2.14. The molecule has 0 atom stereocenters.